The highest BCUT2D eigenvalue weighted by molar-refractivity contribution is 4.43. The van der Waals surface area contributed by atoms with Gasteiger partial charge in [-0.2, -0.15) is 0 Å². The number of hydrogen-bond acceptors (Lipinski definition) is 2. The van der Waals surface area contributed by atoms with Crippen LogP contribution < -0.4 is 6.15 Å². The van der Waals surface area contributed by atoms with Gasteiger partial charge in [0.05, 0.1) is 13.4 Å². The summed E-state index contributed by atoms with van der Waals surface area (Å²) in [5.41, 5.74) is 0. The minimum absolute atomic E-state index is 0. The molecular weight excluding hydrogens is 66.0 g/mol. The largest absolute Gasteiger partial charge is 0.505 e. The molecule has 0 aromatic rings. The summed E-state index contributed by atoms with van der Waals surface area (Å²) in [5, 5.41) is 0. The smallest absolute Gasteiger partial charge is 0.0766 e. The van der Waals surface area contributed by atoms with Gasteiger partial charge in [-0.3, -0.25) is 0 Å². The summed E-state index contributed by atoms with van der Waals surface area (Å²) in [4.78, 5) is 0. The highest BCUT2D eigenvalue weighted by atomic mass is 16.5. The second kappa shape index (κ2) is 9.72. The fraction of sp³-hybridized carbons (Fsp3) is 0.333. The van der Waals surface area contributed by atoms with E-state index in [0.717, 1.165) is 0 Å². The zero-order valence-corrected chi connectivity index (χ0v) is 3.40. The van der Waals surface area contributed by atoms with Crippen molar-refractivity contribution in [2.45, 2.75) is 0 Å². The van der Waals surface area contributed by atoms with Crippen LogP contribution in [0.15, 0.2) is 12.8 Å². The summed E-state index contributed by atoms with van der Waals surface area (Å²) >= 11 is 0. The van der Waals surface area contributed by atoms with E-state index in [9.17, 15) is 0 Å². The Labute approximate surface area is 32.0 Å². The predicted octanol–water partition coefficient (Wildman–Crippen LogP) is 0.938. The zero-order chi connectivity index (χ0) is 3.41. The molecule has 0 aromatic carbocycles. The first-order valence-electron chi connectivity index (χ1n) is 1.05. The average Bonchev–Trinajstić information content (AvgIpc) is 1.37. The zero-order valence-electron chi connectivity index (χ0n) is 3.40. The Morgan fingerprint density at radius 3 is 2.00 bits per heavy atom. The monoisotopic (exact) mass is 75.1 g/mol. The molecule has 0 aliphatic rings. The quantitative estimate of drug-likeness (QED) is 0.471. The van der Waals surface area contributed by atoms with E-state index < -0.39 is 0 Å². The molecule has 0 rings (SSSR count). The van der Waals surface area contributed by atoms with Gasteiger partial charge in [0.15, 0.2) is 0 Å². The molecular formula is C3H9NO. The summed E-state index contributed by atoms with van der Waals surface area (Å²) in [6, 6.07) is 0. The lowest BCUT2D eigenvalue weighted by atomic mass is 11.2. The standard InChI is InChI=1S/C3H6O.H3N/c1-3-4-2;/h3H,1H2,2H3;1H3. The van der Waals surface area contributed by atoms with Crippen molar-refractivity contribution < 1.29 is 4.74 Å². The van der Waals surface area contributed by atoms with Gasteiger partial charge < -0.3 is 10.9 Å². The Balaban J connectivity index is 0. The molecule has 0 radical (unpaired) electrons. The van der Waals surface area contributed by atoms with E-state index in [1.54, 1.807) is 7.11 Å². The second-order valence-electron chi connectivity index (χ2n) is 0.402. The van der Waals surface area contributed by atoms with Crippen molar-refractivity contribution in [3.05, 3.63) is 12.8 Å². The molecule has 32 valence electrons. The van der Waals surface area contributed by atoms with Gasteiger partial charge in [-0.25, -0.2) is 0 Å². The Kier molecular flexibility index (Phi) is 17.1. The van der Waals surface area contributed by atoms with Crippen LogP contribution in [0.4, 0.5) is 0 Å². The predicted molar refractivity (Wildman–Crippen MR) is 22.2 cm³/mol. The third-order valence-corrected chi connectivity index (χ3v) is 0.167. The first-order valence-corrected chi connectivity index (χ1v) is 1.05. The van der Waals surface area contributed by atoms with E-state index >= 15 is 0 Å². The molecule has 5 heavy (non-hydrogen) atoms. The molecule has 0 amide bonds. The molecule has 0 saturated carbocycles. The summed E-state index contributed by atoms with van der Waals surface area (Å²) < 4.78 is 4.31. The van der Waals surface area contributed by atoms with Gasteiger partial charge in [0, 0.05) is 0 Å². The highest BCUT2D eigenvalue weighted by Gasteiger charge is 1.36. The summed E-state index contributed by atoms with van der Waals surface area (Å²) in [6.45, 7) is 3.26. The lowest BCUT2D eigenvalue weighted by molar-refractivity contribution is 0.339. The highest BCUT2D eigenvalue weighted by Crippen LogP contribution is 1.52. The maximum absolute atomic E-state index is 4.31. The molecule has 2 heteroatoms. The molecule has 0 atom stereocenters. The van der Waals surface area contributed by atoms with Crippen molar-refractivity contribution in [2.24, 2.45) is 0 Å². The Hall–Kier alpha value is -0.500. The van der Waals surface area contributed by atoms with Crippen molar-refractivity contribution in [1.82, 2.24) is 6.15 Å². The first-order chi connectivity index (χ1) is 1.91. The molecule has 0 aliphatic heterocycles. The number of ether oxygens (including phenoxy) is 1. The molecule has 0 aromatic heterocycles. The van der Waals surface area contributed by atoms with E-state index in [0.29, 0.717) is 0 Å². The van der Waals surface area contributed by atoms with Gasteiger partial charge in [-0.15, -0.1) is 0 Å². The van der Waals surface area contributed by atoms with E-state index in [2.05, 4.69) is 11.3 Å². The number of hydrogen-bond donors (Lipinski definition) is 1. The molecule has 0 unspecified atom stereocenters. The Morgan fingerprint density at radius 1 is 1.80 bits per heavy atom. The van der Waals surface area contributed by atoms with Gasteiger partial charge in [-0.05, 0) is 0 Å². The van der Waals surface area contributed by atoms with Crippen LogP contribution in [0, 0.1) is 0 Å². The topological polar surface area (TPSA) is 44.2 Å². The fourth-order valence-electron chi connectivity index (χ4n) is 0. The lowest BCUT2D eigenvalue weighted by Crippen LogP contribution is -1.54. The van der Waals surface area contributed by atoms with Crippen LogP contribution in [-0.4, -0.2) is 7.11 Å². The average molecular weight is 75.1 g/mol. The molecule has 0 saturated heterocycles. The Morgan fingerprint density at radius 2 is 2.00 bits per heavy atom. The molecule has 0 spiro atoms. The summed E-state index contributed by atoms with van der Waals surface area (Å²) in [5.74, 6) is 0. The van der Waals surface area contributed by atoms with E-state index in [4.69, 9.17) is 0 Å². The van der Waals surface area contributed by atoms with Gasteiger partial charge >= 0.3 is 0 Å². The maximum atomic E-state index is 4.31. The van der Waals surface area contributed by atoms with Crippen LogP contribution in [0.25, 0.3) is 0 Å². The van der Waals surface area contributed by atoms with Gasteiger partial charge in [0.25, 0.3) is 0 Å². The molecule has 3 N–H and O–H groups in total. The number of methoxy groups -OCH3 is 1. The SMILES string of the molecule is C=COC.N. The molecule has 0 heterocycles. The van der Waals surface area contributed by atoms with Crippen LogP contribution in [-0.2, 0) is 4.74 Å². The van der Waals surface area contributed by atoms with E-state index in [1.807, 2.05) is 0 Å². The minimum atomic E-state index is 0. The molecule has 0 bridgehead atoms. The Bertz CT molecular complexity index is 20.9. The van der Waals surface area contributed by atoms with E-state index in [1.165, 1.54) is 6.26 Å². The van der Waals surface area contributed by atoms with Gasteiger partial charge in [0.2, 0.25) is 0 Å². The van der Waals surface area contributed by atoms with Crippen LogP contribution in [0.3, 0.4) is 0 Å². The van der Waals surface area contributed by atoms with Crippen LogP contribution in [0.5, 0.6) is 0 Å². The summed E-state index contributed by atoms with van der Waals surface area (Å²) in [7, 11) is 1.56. The number of rotatable bonds is 1. The van der Waals surface area contributed by atoms with Gasteiger partial charge in [-0.1, -0.05) is 6.58 Å². The van der Waals surface area contributed by atoms with Crippen molar-refractivity contribution in [3.63, 3.8) is 0 Å². The van der Waals surface area contributed by atoms with Crippen LogP contribution >= 0.6 is 0 Å². The first kappa shape index (κ1) is 8.82. The van der Waals surface area contributed by atoms with Crippen LogP contribution in [0.1, 0.15) is 0 Å². The molecule has 0 fully saturated rings. The third kappa shape index (κ3) is 31.5. The second-order valence-corrected chi connectivity index (χ2v) is 0.402. The normalized spacial score (nSPS) is 4.20. The maximum Gasteiger partial charge on any atom is 0.0766 e. The van der Waals surface area contributed by atoms with E-state index in [-0.39, 0.29) is 6.15 Å². The lowest BCUT2D eigenvalue weighted by Gasteiger charge is -1.73. The minimum Gasteiger partial charge on any atom is -0.505 e. The van der Waals surface area contributed by atoms with Crippen molar-refractivity contribution in [1.29, 1.82) is 0 Å². The molecule has 0 aliphatic carbocycles. The van der Waals surface area contributed by atoms with Gasteiger partial charge in [0.1, 0.15) is 0 Å². The fourth-order valence-corrected chi connectivity index (χ4v) is 0. The van der Waals surface area contributed by atoms with Crippen molar-refractivity contribution in [2.75, 3.05) is 7.11 Å². The molecule has 2 nitrogen and oxygen atoms in total. The van der Waals surface area contributed by atoms with Crippen molar-refractivity contribution in [3.8, 4) is 0 Å². The van der Waals surface area contributed by atoms with Crippen LogP contribution in [0.2, 0.25) is 0 Å². The third-order valence-electron chi connectivity index (χ3n) is 0.167. The van der Waals surface area contributed by atoms with Crippen molar-refractivity contribution >= 4 is 0 Å². The summed E-state index contributed by atoms with van der Waals surface area (Å²) in [6.07, 6.45) is 1.38.